The molecule has 0 aliphatic carbocycles. The number of methoxy groups -OCH3 is 1. The number of nitrogens with zero attached hydrogens (tertiary/aromatic N) is 2. The van der Waals surface area contributed by atoms with Crippen LogP contribution in [-0.2, 0) is 19.1 Å². The fourth-order valence-electron chi connectivity index (χ4n) is 6.43. The van der Waals surface area contributed by atoms with Crippen LogP contribution in [0.25, 0.3) is 0 Å². The van der Waals surface area contributed by atoms with E-state index in [0.717, 1.165) is 12.8 Å². The number of esters is 1. The van der Waals surface area contributed by atoms with Gasteiger partial charge in [0.05, 0.1) is 42.9 Å². The smallest absolute Gasteiger partial charge is 0.310 e. The number of unbranched alkanes of at least 4 members (excludes halogenated alkanes) is 1. The van der Waals surface area contributed by atoms with E-state index >= 15 is 0 Å². The van der Waals surface area contributed by atoms with Crippen molar-refractivity contribution in [3.63, 3.8) is 0 Å². The topological polar surface area (TPSA) is 96.4 Å². The van der Waals surface area contributed by atoms with E-state index in [2.05, 4.69) is 20.1 Å². The number of amides is 2. The molecule has 0 radical (unpaired) electrons. The Bertz CT molecular complexity index is 1080. The Morgan fingerprint density at radius 2 is 2.00 bits per heavy atom. The summed E-state index contributed by atoms with van der Waals surface area (Å²) in [5, 5.41) is 10.0. The number of ether oxygens (including phenoxy) is 2. The van der Waals surface area contributed by atoms with Gasteiger partial charge in [-0.3, -0.25) is 14.4 Å². The lowest BCUT2D eigenvalue weighted by Gasteiger charge is -2.41. The van der Waals surface area contributed by atoms with Gasteiger partial charge in [-0.25, -0.2) is 0 Å². The Balaban J connectivity index is 1.74. The number of aliphatic hydroxyl groups excluding tert-OH is 1. The predicted octanol–water partition coefficient (Wildman–Crippen LogP) is 3.44. The highest BCUT2D eigenvalue weighted by atomic mass is 32.2. The second-order valence-electron chi connectivity index (χ2n) is 10.4. The molecule has 206 valence electrons. The van der Waals surface area contributed by atoms with Crippen molar-refractivity contribution in [3.05, 3.63) is 49.6 Å². The Morgan fingerprint density at radius 3 is 2.61 bits per heavy atom. The van der Waals surface area contributed by atoms with Gasteiger partial charge in [-0.15, -0.1) is 24.9 Å². The Morgan fingerprint density at radius 1 is 1.29 bits per heavy atom. The molecular weight excluding hydrogens is 504 g/mol. The largest absolute Gasteiger partial charge is 0.497 e. The van der Waals surface area contributed by atoms with E-state index in [1.165, 1.54) is 4.90 Å². The number of hydrogen-bond acceptors (Lipinski definition) is 7. The van der Waals surface area contributed by atoms with E-state index < -0.39 is 28.7 Å². The van der Waals surface area contributed by atoms with E-state index in [-0.39, 0.29) is 48.7 Å². The maximum Gasteiger partial charge on any atom is 0.310 e. The average molecular weight is 543 g/mol. The van der Waals surface area contributed by atoms with Gasteiger partial charge >= 0.3 is 5.97 Å². The van der Waals surface area contributed by atoms with E-state index in [9.17, 15) is 19.5 Å². The van der Waals surface area contributed by atoms with Crippen LogP contribution in [0.5, 0.6) is 5.75 Å². The van der Waals surface area contributed by atoms with Gasteiger partial charge in [0.15, 0.2) is 0 Å². The third-order valence-electron chi connectivity index (χ3n) is 8.19. The van der Waals surface area contributed by atoms with Crippen LogP contribution < -0.4 is 9.64 Å². The zero-order valence-electron chi connectivity index (χ0n) is 22.4. The van der Waals surface area contributed by atoms with Gasteiger partial charge in [0.2, 0.25) is 5.91 Å². The molecule has 0 aromatic heterocycles. The molecule has 1 N–H and O–H groups in total. The lowest BCUT2D eigenvalue weighted by Crippen LogP contribution is -2.59. The van der Waals surface area contributed by atoms with Crippen molar-refractivity contribution in [2.45, 2.75) is 55.2 Å². The summed E-state index contributed by atoms with van der Waals surface area (Å²) >= 11 is 1.59. The molecule has 4 rings (SSSR count). The second kappa shape index (κ2) is 11.5. The molecular formula is C29H38N2O6S. The van der Waals surface area contributed by atoms with E-state index in [0.29, 0.717) is 17.9 Å². The van der Waals surface area contributed by atoms with Gasteiger partial charge in [-0.2, -0.15) is 0 Å². The molecule has 1 aromatic carbocycles. The summed E-state index contributed by atoms with van der Waals surface area (Å²) in [6, 6.07) is 5.74. The molecule has 2 amide bonds. The number of aliphatic hydroxyl groups is 1. The third kappa shape index (κ3) is 4.53. The number of rotatable bonds is 12. The number of thioether (sulfide) groups is 1. The number of carbonyl (C=O) groups excluding carboxylic acids is 3. The van der Waals surface area contributed by atoms with Crippen molar-refractivity contribution < 1.29 is 29.0 Å². The number of carbonyl (C=O) groups is 3. The molecule has 3 fully saturated rings. The Labute approximate surface area is 229 Å². The first-order valence-electron chi connectivity index (χ1n) is 13.2. The van der Waals surface area contributed by atoms with Gasteiger partial charge in [0.25, 0.3) is 5.91 Å². The summed E-state index contributed by atoms with van der Waals surface area (Å²) in [5.74, 6) is -1.49. The highest BCUT2D eigenvalue weighted by Crippen LogP contribution is 2.69. The van der Waals surface area contributed by atoms with Crippen molar-refractivity contribution in [1.82, 2.24) is 4.90 Å². The molecule has 7 atom stereocenters. The summed E-state index contributed by atoms with van der Waals surface area (Å²) in [7, 11) is 1.58. The molecule has 1 spiro atoms. The van der Waals surface area contributed by atoms with Crippen LogP contribution in [0.2, 0.25) is 0 Å². The fraction of sp³-hybridized carbons (Fsp3) is 0.552. The number of hydrogen-bond donors (Lipinski definition) is 1. The summed E-state index contributed by atoms with van der Waals surface area (Å²) < 4.78 is 10.1. The van der Waals surface area contributed by atoms with E-state index in [1.807, 2.05) is 0 Å². The number of likely N-dealkylation sites (tertiary alicyclic amines) is 1. The maximum absolute atomic E-state index is 14.5. The number of allylic oxidation sites excluding steroid dienone is 1. The molecule has 0 saturated carbocycles. The molecule has 3 unspecified atom stereocenters. The second-order valence-corrected chi connectivity index (χ2v) is 11.9. The maximum atomic E-state index is 14.5. The molecule has 8 nitrogen and oxygen atoms in total. The van der Waals surface area contributed by atoms with E-state index in [1.54, 1.807) is 67.1 Å². The minimum Gasteiger partial charge on any atom is -0.497 e. The quantitative estimate of drug-likeness (QED) is 0.246. The zero-order valence-corrected chi connectivity index (χ0v) is 23.2. The van der Waals surface area contributed by atoms with Crippen molar-refractivity contribution in [2.24, 2.45) is 17.8 Å². The van der Waals surface area contributed by atoms with Crippen LogP contribution in [0, 0.1) is 17.8 Å². The SMILES string of the molecule is C=CCCCOC(=O)[C@@H]1[C@H]2C(=O)N([C@H](C)CO)C(C(=O)N(CC=C)c3ccc(OC)cc3)C23S[C@@H]1CC3C. The third-order valence-corrected chi connectivity index (χ3v) is 10.3. The Kier molecular flexibility index (Phi) is 8.57. The van der Waals surface area contributed by atoms with Gasteiger partial charge in [-0.1, -0.05) is 19.1 Å². The summed E-state index contributed by atoms with van der Waals surface area (Å²) in [6.45, 7) is 11.6. The first kappa shape index (κ1) is 28.2. The monoisotopic (exact) mass is 542 g/mol. The summed E-state index contributed by atoms with van der Waals surface area (Å²) in [5.41, 5.74) is 0.656. The lowest BCUT2D eigenvalue weighted by molar-refractivity contribution is -0.155. The average Bonchev–Trinajstić information content (AvgIpc) is 3.52. The van der Waals surface area contributed by atoms with Crippen molar-refractivity contribution in [1.29, 1.82) is 0 Å². The zero-order chi connectivity index (χ0) is 27.6. The van der Waals surface area contributed by atoms with Gasteiger partial charge < -0.3 is 24.4 Å². The Hall–Kier alpha value is -2.78. The highest BCUT2D eigenvalue weighted by Gasteiger charge is 2.77. The normalized spacial score (nSPS) is 30.1. The summed E-state index contributed by atoms with van der Waals surface area (Å²) in [4.78, 5) is 45.1. The molecule has 3 heterocycles. The van der Waals surface area contributed by atoms with Crippen molar-refractivity contribution >= 4 is 35.2 Å². The van der Waals surface area contributed by atoms with Crippen molar-refractivity contribution in [3.8, 4) is 5.75 Å². The molecule has 3 saturated heterocycles. The van der Waals surface area contributed by atoms with Crippen LogP contribution in [0.15, 0.2) is 49.6 Å². The van der Waals surface area contributed by atoms with Crippen molar-refractivity contribution in [2.75, 3.05) is 31.8 Å². The molecule has 1 aromatic rings. The van der Waals surface area contributed by atoms with Crippen LogP contribution in [0.1, 0.15) is 33.1 Å². The number of fused-ring (bicyclic) bond motifs is 1. The standard InChI is InChI=1S/C29H38N2O6S/c1-6-8-9-15-37-28(35)23-22-16-18(3)29(38-22)24(23)26(33)31(19(4)17-32)25(29)27(34)30(14-7-2)20-10-12-21(36-5)13-11-20/h6-7,10-13,18-19,22-25,32H,1-2,8-9,14-17H2,3-5H3/t18?,19-,22-,23+,24+,25?,29?/m1/s1. The number of anilines is 1. The van der Waals surface area contributed by atoms with Gasteiger partial charge in [-0.05, 0) is 56.4 Å². The molecule has 3 aliphatic heterocycles. The van der Waals surface area contributed by atoms with Gasteiger partial charge in [0, 0.05) is 17.5 Å². The van der Waals surface area contributed by atoms with Gasteiger partial charge in [0.1, 0.15) is 11.8 Å². The minimum atomic E-state index is -0.840. The van der Waals surface area contributed by atoms with Crippen LogP contribution in [-0.4, -0.2) is 76.7 Å². The minimum absolute atomic E-state index is 0.0163. The number of benzene rings is 1. The predicted molar refractivity (Wildman–Crippen MR) is 148 cm³/mol. The van der Waals surface area contributed by atoms with Crippen LogP contribution >= 0.6 is 11.8 Å². The highest BCUT2D eigenvalue weighted by molar-refractivity contribution is 8.02. The first-order valence-corrected chi connectivity index (χ1v) is 14.1. The molecule has 3 aliphatic rings. The molecule has 38 heavy (non-hydrogen) atoms. The summed E-state index contributed by atoms with van der Waals surface area (Å²) in [6.07, 6.45) is 5.56. The first-order chi connectivity index (χ1) is 18.3. The fourth-order valence-corrected chi connectivity index (χ4v) is 8.82. The molecule has 9 heteroatoms. The van der Waals surface area contributed by atoms with Crippen LogP contribution in [0.3, 0.4) is 0 Å². The molecule has 2 bridgehead atoms. The lowest BCUT2D eigenvalue weighted by atomic mass is 9.66. The van der Waals surface area contributed by atoms with E-state index in [4.69, 9.17) is 9.47 Å². The van der Waals surface area contributed by atoms with Crippen LogP contribution in [0.4, 0.5) is 5.69 Å².